The van der Waals surface area contributed by atoms with Gasteiger partial charge in [-0.2, -0.15) is 0 Å². The predicted octanol–water partition coefficient (Wildman–Crippen LogP) is 2.56. The number of carbonyl (C=O) groups excluding carboxylic acids is 2. The molecule has 1 aliphatic rings. The van der Waals surface area contributed by atoms with Crippen LogP contribution in [-0.4, -0.2) is 49.4 Å². The Labute approximate surface area is 153 Å². The van der Waals surface area contributed by atoms with Crippen molar-refractivity contribution in [1.29, 1.82) is 0 Å². The summed E-state index contributed by atoms with van der Waals surface area (Å²) in [5.74, 6) is -2.85. The van der Waals surface area contributed by atoms with Crippen molar-refractivity contribution >= 4 is 17.5 Å². The molecule has 0 bridgehead atoms. The first kappa shape index (κ1) is 20.3. The maximum atomic E-state index is 13.4. The lowest BCUT2D eigenvalue weighted by Crippen LogP contribution is -2.44. The maximum Gasteiger partial charge on any atom is 0.316 e. The van der Waals surface area contributed by atoms with E-state index in [4.69, 9.17) is 0 Å². The van der Waals surface area contributed by atoms with Gasteiger partial charge in [0, 0.05) is 31.4 Å². The van der Waals surface area contributed by atoms with Crippen LogP contribution in [0.3, 0.4) is 0 Å². The van der Waals surface area contributed by atoms with Crippen molar-refractivity contribution < 1.29 is 18.4 Å². The van der Waals surface area contributed by atoms with Gasteiger partial charge in [-0.1, -0.05) is 6.92 Å². The molecule has 0 spiro atoms. The molecule has 1 aromatic rings. The monoisotopic (exact) mass is 367 g/mol. The van der Waals surface area contributed by atoms with Gasteiger partial charge in [-0.05, 0) is 57.3 Å². The minimum atomic E-state index is -1.05. The number of rotatable bonds is 6. The van der Waals surface area contributed by atoms with Gasteiger partial charge in [0.1, 0.15) is 0 Å². The van der Waals surface area contributed by atoms with E-state index < -0.39 is 23.4 Å². The number of amides is 2. The molecule has 26 heavy (non-hydrogen) atoms. The molecule has 1 aromatic carbocycles. The zero-order valence-corrected chi connectivity index (χ0v) is 15.4. The van der Waals surface area contributed by atoms with Crippen molar-refractivity contribution in [3.63, 3.8) is 0 Å². The maximum absolute atomic E-state index is 13.4. The van der Waals surface area contributed by atoms with Crippen LogP contribution in [0.15, 0.2) is 18.2 Å². The van der Waals surface area contributed by atoms with Crippen LogP contribution in [0, 0.1) is 17.6 Å². The van der Waals surface area contributed by atoms with Crippen molar-refractivity contribution in [2.24, 2.45) is 5.92 Å². The van der Waals surface area contributed by atoms with Crippen LogP contribution in [0.4, 0.5) is 14.5 Å². The Morgan fingerprint density at radius 3 is 2.73 bits per heavy atom. The minimum Gasteiger partial charge on any atom is -0.348 e. The highest BCUT2D eigenvalue weighted by Crippen LogP contribution is 2.18. The van der Waals surface area contributed by atoms with E-state index in [0.717, 1.165) is 43.1 Å². The predicted molar refractivity (Wildman–Crippen MR) is 96.8 cm³/mol. The number of hydrogen-bond acceptors (Lipinski definition) is 3. The molecular formula is C19H27F2N3O2. The largest absolute Gasteiger partial charge is 0.348 e. The average Bonchev–Trinajstić information content (AvgIpc) is 2.62. The summed E-state index contributed by atoms with van der Waals surface area (Å²) in [6.45, 7) is 7.55. The van der Waals surface area contributed by atoms with Gasteiger partial charge in [0.15, 0.2) is 11.6 Å². The van der Waals surface area contributed by atoms with Crippen molar-refractivity contribution in [2.75, 3.05) is 37.6 Å². The number of likely N-dealkylation sites (N-methyl/N-ethyl adjacent to an activating group) is 1. The van der Waals surface area contributed by atoms with Gasteiger partial charge >= 0.3 is 11.8 Å². The number of anilines is 1. The fourth-order valence-electron chi connectivity index (χ4n) is 3.29. The Kier molecular flexibility index (Phi) is 7.50. The molecule has 0 unspecified atom stereocenters. The second kappa shape index (κ2) is 9.62. The van der Waals surface area contributed by atoms with Gasteiger partial charge < -0.3 is 15.1 Å². The molecule has 1 atom stereocenters. The van der Waals surface area contributed by atoms with Crippen molar-refractivity contribution in [3.05, 3.63) is 29.8 Å². The highest BCUT2D eigenvalue weighted by molar-refractivity contribution is 6.40. The first-order valence-corrected chi connectivity index (χ1v) is 9.19. The number of likely N-dealkylation sites (tertiary alicyclic amines) is 1. The molecule has 1 saturated heterocycles. The van der Waals surface area contributed by atoms with E-state index in [1.807, 2.05) is 0 Å². The molecule has 0 aliphatic carbocycles. The first-order valence-electron chi connectivity index (χ1n) is 9.19. The molecule has 144 valence electrons. The van der Waals surface area contributed by atoms with Crippen LogP contribution in [-0.2, 0) is 9.59 Å². The number of nitrogens with one attached hydrogen (secondary N) is 1. The third kappa shape index (κ3) is 5.49. The summed E-state index contributed by atoms with van der Waals surface area (Å²) in [6, 6.07) is 3.14. The van der Waals surface area contributed by atoms with Crippen molar-refractivity contribution in [3.8, 4) is 0 Å². The van der Waals surface area contributed by atoms with Crippen LogP contribution in [0.2, 0.25) is 0 Å². The SMILES string of the molecule is CCN(C(=O)C(=O)NCCCN1CCC[C@@H](C)C1)c1ccc(F)c(F)c1. The lowest BCUT2D eigenvalue weighted by atomic mass is 10.0. The Bertz CT molecular complexity index is 639. The zero-order valence-electron chi connectivity index (χ0n) is 15.4. The van der Waals surface area contributed by atoms with E-state index in [-0.39, 0.29) is 12.2 Å². The third-order valence-corrected chi connectivity index (χ3v) is 4.65. The highest BCUT2D eigenvalue weighted by atomic mass is 19.2. The number of piperidine rings is 1. The Morgan fingerprint density at radius 1 is 1.31 bits per heavy atom. The molecule has 2 amide bonds. The molecule has 2 rings (SSSR count). The zero-order chi connectivity index (χ0) is 19.1. The fraction of sp³-hybridized carbons (Fsp3) is 0.579. The summed E-state index contributed by atoms with van der Waals surface area (Å²) in [6.07, 6.45) is 3.23. The summed E-state index contributed by atoms with van der Waals surface area (Å²) in [4.78, 5) is 27.9. The van der Waals surface area contributed by atoms with Gasteiger partial charge in [0.05, 0.1) is 0 Å². The fourth-order valence-corrected chi connectivity index (χ4v) is 3.29. The van der Waals surface area contributed by atoms with E-state index >= 15 is 0 Å². The van der Waals surface area contributed by atoms with E-state index in [0.29, 0.717) is 12.5 Å². The standard InChI is InChI=1S/C19H27F2N3O2/c1-3-24(15-7-8-16(20)17(21)12-15)19(26)18(25)22-9-5-11-23-10-4-6-14(2)13-23/h7-8,12,14H,3-6,9-11,13H2,1-2H3,(H,22,25)/t14-/m1/s1. The van der Waals surface area contributed by atoms with E-state index in [9.17, 15) is 18.4 Å². The summed E-state index contributed by atoms with van der Waals surface area (Å²) >= 11 is 0. The lowest BCUT2D eigenvalue weighted by molar-refractivity contribution is -0.137. The first-order chi connectivity index (χ1) is 12.4. The smallest absolute Gasteiger partial charge is 0.316 e. The molecular weight excluding hydrogens is 340 g/mol. The van der Waals surface area contributed by atoms with Gasteiger partial charge in [-0.3, -0.25) is 9.59 Å². The lowest BCUT2D eigenvalue weighted by Gasteiger charge is -2.30. The van der Waals surface area contributed by atoms with Gasteiger partial charge in [-0.15, -0.1) is 0 Å². The number of carbonyl (C=O) groups is 2. The number of nitrogens with zero attached hydrogens (tertiary/aromatic N) is 2. The summed E-state index contributed by atoms with van der Waals surface area (Å²) in [7, 11) is 0. The molecule has 1 fully saturated rings. The minimum absolute atomic E-state index is 0.161. The quantitative estimate of drug-likeness (QED) is 0.621. The Balaban J connectivity index is 1.81. The second-order valence-corrected chi connectivity index (χ2v) is 6.81. The van der Waals surface area contributed by atoms with Gasteiger partial charge in [0.2, 0.25) is 0 Å². The van der Waals surface area contributed by atoms with E-state index in [1.54, 1.807) is 6.92 Å². The average molecular weight is 367 g/mol. The van der Waals surface area contributed by atoms with Crippen LogP contribution in [0.5, 0.6) is 0 Å². The van der Waals surface area contributed by atoms with Gasteiger partial charge in [0.25, 0.3) is 0 Å². The number of halogens is 2. The molecule has 0 saturated carbocycles. The molecule has 1 N–H and O–H groups in total. The van der Waals surface area contributed by atoms with Crippen LogP contribution < -0.4 is 10.2 Å². The molecule has 5 nitrogen and oxygen atoms in total. The number of hydrogen-bond donors (Lipinski definition) is 1. The van der Waals surface area contributed by atoms with E-state index in [1.165, 1.54) is 18.9 Å². The van der Waals surface area contributed by atoms with Crippen LogP contribution in [0.25, 0.3) is 0 Å². The topological polar surface area (TPSA) is 52.7 Å². The molecule has 7 heteroatoms. The Hall–Kier alpha value is -2.02. The van der Waals surface area contributed by atoms with E-state index in [2.05, 4.69) is 17.1 Å². The van der Waals surface area contributed by atoms with Crippen molar-refractivity contribution in [2.45, 2.75) is 33.1 Å². The Morgan fingerprint density at radius 2 is 2.08 bits per heavy atom. The second-order valence-electron chi connectivity index (χ2n) is 6.81. The van der Waals surface area contributed by atoms with Crippen LogP contribution >= 0.6 is 0 Å². The molecule has 1 aliphatic heterocycles. The van der Waals surface area contributed by atoms with Crippen molar-refractivity contribution in [1.82, 2.24) is 10.2 Å². The number of benzene rings is 1. The normalized spacial score (nSPS) is 17.8. The van der Waals surface area contributed by atoms with Gasteiger partial charge in [-0.25, -0.2) is 8.78 Å². The summed E-state index contributed by atoms with van der Waals surface area (Å²) in [5.41, 5.74) is 0.161. The molecule has 0 aromatic heterocycles. The molecule has 0 radical (unpaired) electrons. The highest BCUT2D eigenvalue weighted by Gasteiger charge is 2.23. The summed E-state index contributed by atoms with van der Waals surface area (Å²) in [5, 5.41) is 2.62. The summed E-state index contributed by atoms with van der Waals surface area (Å²) < 4.78 is 26.4. The molecule has 1 heterocycles. The van der Waals surface area contributed by atoms with Crippen LogP contribution in [0.1, 0.15) is 33.1 Å². The third-order valence-electron chi connectivity index (χ3n) is 4.65.